The lowest BCUT2D eigenvalue weighted by Gasteiger charge is -2.39. The van der Waals surface area contributed by atoms with Gasteiger partial charge in [0.2, 0.25) is 5.91 Å². The van der Waals surface area contributed by atoms with Crippen LogP contribution in [0.2, 0.25) is 0 Å². The molecule has 21 heavy (non-hydrogen) atoms. The van der Waals surface area contributed by atoms with Crippen LogP contribution in [0.25, 0.3) is 0 Å². The summed E-state index contributed by atoms with van der Waals surface area (Å²) in [6.07, 6.45) is 1.90. The van der Waals surface area contributed by atoms with Gasteiger partial charge in [0.25, 0.3) is 0 Å². The molecule has 1 aromatic rings. The van der Waals surface area contributed by atoms with Crippen molar-refractivity contribution in [3.63, 3.8) is 0 Å². The lowest BCUT2D eigenvalue weighted by Crippen LogP contribution is -2.50. The molecule has 1 heterocycles. The Morgan fingerprint density at radius 2 is 2.19 bits per heavy atom. The summed E-state index contributed by atoms with van der Waals surface area (Å²) in [6, 6.07) is 5.95. The van der Waals surface area contributed by atoms with Crippen LogP contribution < -0.4 is 0 Å². The van der Waals surface area contributed by atoms with Gasteiger partial charge in [-0.25, -0.2) is 4.39 Å². The molecule has 1 aliphatic rings. The molecule has 0 radical (unpaired) electrons. The van der Waals surface area contributed by atoms with Gasteiger partial charge in [-0.05, 0) is 37.0 Å². The van der Waals surface area contributed by atoms with Crippen LogP contribution in [0.4, 0.5) is 4.39 Å². The molecule has 5 heteroatoms. The molecule has 0 saturated carbocycles. The van der Waals surface area contributed by atoms with Crippen LogP contribution in [0.15, 0.2) is 24.3 Å². The Hall–Kier alpha value is -1.91. The van der Waals surface area contributed by atoms with Crippen molar-refractivity contribution in [2.75, 3.05) is 13.1 Å². The van der Waals surface area contributed by atoms with Crippen molar-refractivity contribution in [2.45, 2.75) is 32.6 Å². The molecular formula is C16H20FNO3. The molecular weight excluding hydrogens is 273 g/mol. The van der Waals surface area contributed by atoms with E-state index < -0.39 is 11.4 Å². The van der Waals surface area contributed by atoms with E-state index in [9.17, 15) is 19.1 Å². The highest BCUT2D eigenvalue weighted by molar-refractivity contribution is 5.81. The third-order valence-corrected chi connectivity index (χ3v) is 4.30. The first kappa shape index (κ1) is 15.5. The highest BCUT2D eigenvalue weighted by atomic mass is 19.1. The molecule has 0 aromatic heterocycles. The summed E-state index contributed by atoms with van der Waals surface area (Å²) in [7, 11) is 0. The molecule has 1 saturated heterocycles. The van der Waals surface area contributed by atoms with E-state index in [1.54, 1.807) is 17.0 Å². The first-order valence-corrected chi connectivity index (χ1v) is 7.22. The standard InChI is InChI=1S/C16H20FNO3/c1-2-16(15(20)21)7-4-8-18(11-16)14(19)10-12-5-3-6-13(17)9-12/h3,5-6,9H,2,4,7-8,10-11H2,1H3,(H,20,21). The number of hydrogen-bond donors (Lipinski definition) is 1. The molecule has 1 atom stereocenters. The topological polar surface area (TPSA) is 57.6 Å². The molecule has 1 fully saturated rings. The number of rotatable bonds is 4. The van der Waals surface area contributed by atoms with E-state index in [-0.39, 0.29) is 24.7 Å². The average Bonchev–Trinajstić information content (AvgIpc) is 2.47. The number of nitrogens with zero attached hydrogens (tertiary/aromatic N) is 1. The minimum absolute atomic E-state index is 0.108. The Balaban J connectivity index is 2.07. The smallest absolute Gasteiger partial charge is 0.311 e. The molecule has 1 unspecified atom stereocenters. The highest BCUT2D eigenvalue weighted by Crippen LogP contribution is 2.33. The van der Waals surface area contributed by atoms with Gasteiger partial charge in [-0.2, -0.15) is 0 Å². The second-order valence-electron chi connectivity index (χ2n) is 5.66. The van der Waals surface area contributed by atoms with Crippen molar-refractivity contribution in [3.8, 4) is 0 Å². The fourth-order valence-electron chi connectivity index (χ4n) is 2.89. The van der Waals surface area contributed by atoms with Gasteiger partial charge >= 0.3 is 5.97 Å². The zero-order valence-electron chi connectivity index (χ0n) is 12.1. The highest BCUT2D eigenvalue weighted by Gasteiger charge is 2.41. The largest absolute Gasteiger partial charge is 0.481 e. The number of aliphatic carboxylic acids is 1. The summed E-state index contributed by atoms with van der Waals surface area (Å²) in [5.41, 5.74) is -0.224. The molecule has 1 aliphatic heterocycles. The van der Waals surface area contributed by atoms with Crippen molar-refractivity contribution < 1.29 is 19.1 Å². The predicted molar refractivity (Wildman–Crippen MR) is 76.3 cm³/mol. The van der Waals surface area contributed by atoms with Crippen LogP contribution in [0.5, 0.6) is 0 Å². The predicted octanol–water partition coefficient (Wildman–Crippen LogP) is 2.47. The van der Waals surface area contributed by atoms with Crippen molar-refractivity contribution in [3.05, 3.63) is 35.6 Å². The van der Waals surface area contributed by atoms with Crippen LogP contribution in [-0.2, 0) is 16.0 Å². The number of halogens is 1. The van der Waals surface area contributed by atoms with Crippen molar-refractivity contribution in [1.82, 2.24) is 4.90 Å². The second-order valence-corrected chi connectivity index (χ2v) is 5.66. The Labute approximate surface area is 123 Å². The first-order valence-electron chi connectivity index (χ1n) is 7.22. The summed E-state index contributed by atoms with van der Waals surface area (Å²) in [6.45, 7) is 2.66. The summed E-state index contributed by atoms with van der Waals surface area (Å²) in [4.78, 5) is 25.4. The lowest BCUT2D eigenvalue weighted by atomic mass is 9.77. The summed E-state index contributed by atoms with van der Waals surface area (Å²) in [5.74, 6) is -1.35. The van der Waals surface area contributed by atoms with Crippen LogP contribution in [0.3, 0.4) is 0 Å². The third-order valence-electron chi connectivity index (χ3n) is 4.30. The number of likely N-dealkylation sites (tertiary alicyclic amines) is 1. The number of hydrogen-bond acceptors (Lipinski definition) is 2. The van der Waals surface area contributed by atoms with E-state index in [1.165, 1.54) is 12.1 Å². The van der Waals surface area contributed by atoms with Crippen LogP contribution in [0.1, 0.15) is 31.7 Å². The molecule has 2 rings (SSSR count). The zero-order valence-corrected chi connectivity index (χ0v) is 12.1. The van der Waals surface area contributed by atoms with Gasteiger partial charge in [0.05, 0.1) is 11.8 Å². The van der Waals surface area contributed by atoms with Crippen molar-refractivity contribution in [1.29, 1.82) is 0 Å². The number of carboxylic acids is 1. The number of piperidine rings is 1. The number of benzene rings is 1. The zero-order chi connectivity index (χ0) is 15.5. The van der Waals surface area contributed by atoms with E-state index in [1.807, 2.05) is 6.92 Å². The SMILES string of the molecule is CCC1(C(=O)O)CCCN(C(=O)Cc2cccc(F)c2)C1. The molecule has 0 spiro atoms. The molecule has 1 aromatic carbocycles. The Bertz CT molecular complexity index is 546. The number of carbonyl (C=O) groups is 2. The number of amides is 1. The fraction of sp³-hybridized carbons (Fsp3) is 0.500. The third kappa shape index (κ3) is 3.40. The normalized spacial score (nSPS) is 22.1. The Kier molecular flexibility index (Phi) is 4.60. The molecule has 1 amide bonds. The Morgan fingerprint density at radius 3 is 2.81 bits per heavy atom. The van der Waals surface area contributed by atoms with Crippen molar-refractivity contribution in [2.24, 2.45) is 5.41 Å². The van der Waals surface area contributed by atoms with Gasteiger partial charge in [-0.1, -0.05) is 19.1 Å². The molecule has 0 bridgehead atoms. The summed E-state index contributed by atoms with van der Waals surface area (Å²) in [5, 5.41) is 9.43. The quantitative estimate of drug-likeness (QED) is 0.927. The van der Waals surface area contributed by atoms with E-state index in [0.29, 0.717) is 31.4 Å². The van der Waals surface area contributed by atoms with Gasteiger partial charge in [0, 0.05) is 13.1 Å². The Morgan fingerprint density at radius 1 is 1.43 bits per heavy atom. The van der Waals surface area contributed by atoms with Gasteiger partial charge in [0.15, 0.2) is 0 Å². The van der Waals surface area contributed by atoms with Crippen LogP contribution >= 0.6 is 0 Å². The minimum atomic E-state index is -0.840. The minimum Gasteiger partial charge on any atom is -0.481 e. The van der Waals surface area contributed by atoms with Gasteiger partial charge in [-0.3, -0.25) is 9.59 Å². The fourth-order valence-corrected chi connectivity index (χ4v) is 2.89. The van der Waals surface area contributed by atoms with E-state index in [0.717, 1.165) is 0 Å². The maximum atomic E-state index is 13.1. The van der Waals surface area contributed by atoms with Crippen molar-refractivity contribution >= 4 is 11.9 Å². The number of carbonyl (C=O) groups excluding carboxylic acids is 1. The molecule has 1 N–H and O–H groups in total. The van der Waals surface area contributed by atoms with Gasteiger partial charge in [0.1, 0.15) is 5.82 Å². The summed E-state index contributed by atoms with van der Waals surface area (Å²) < 4.78 is 13.1. The molecule has 114 valence electrons. The lowest BCUT2D eigenvalue weighted by molar-refractivity contribution is -0.155. The van der Waals surface area contributed by atoms with E-state index in [4.69, 9.17) is 0 Å². The van der Waals surface area contributed by atoms with E-state index in [2.05, 4.69) is 0 Å². The maximum absolute atomic E-state index is 13.1. The van der Waals surface area contributed by atoms with Crippen LogP contribution in [0, 0.1) is 11.2 Å². The second kappa shape index (κ2) is 6.24. The molecule has 4 nitrogen and oxygen atoms in total. The van der Waals surface area contributed by atoms with E-state index >= 15 is 0 Å². The molecule has 0 aliphatic carbocycles. The first-order chi connectivity index (χ1) is 9.97. The summed E-state index contributed by atoms with van der Waals surface area (Å²) >= 11 is 0. The van der Waals surface area contributed by atoms with Gasteiger partial charge in [-0.15, -0.1) is 0 Å². The average molecular weight is 293 g/mol. The van der Waals surface area contributed by atoms with Crippen LogP contribution in [-0.4, -0.2) is 35.0 Å². The maximum Gasteiger partial charge on any atom is 0.311 e. The number of carboxylic acid groups (broad SMARTS) is 1. The monoisotopic (exact) mass is 293 g/mol. The van der Waals surface area contributed by atoms with Gasteiger partial charge < -0.3 is 10.0 Å².